The summed E-state index contributed by atoms with van der Waals surface area (Å²) in [6, 6.07) is 7.81. The lowest BCUT2D eigenvalue weighted by atomic mass is 10.1. The summed E-state index contributed by atoms with van der Waals surface area (Å²) in [4.78, 5) is 5.08. The average molecular weight is 339 g/mol. The molecule has 8 heteroatoms. The molecule has 0 atom stereocenters. The first kappa shape index (κ1) is 14.9. The highest BCUT2D eigenvalue weighted by atomic mass is 32.1. The molecule has 0 fully saturated rings. The van der Waals surface area contributed by atoms with Crippen LogP contribution in [0.2, 0.25) is 0 Å². The van der Waals surface area contributed by atoms with Crippen molar-refractivity contribution in [2.24, 2.45) is 13.0 Å². The summed E-state index contributed by atoms with van der Waals surface area (Å²) in [6.45, 7) is 4.38. The van der Waals surface area contributed by atoms with Crippen molar-refractivity contribution in [3.8, 4) is 22.2 Å². The third-order valence-corrected chi connectivity index (χ3v) is 4.57. The van der Waals surface area contributed by atoms with E-state index in [1.54, 1.807) is 10.7 Å². The predicted octanol–water partition coefficient (Wildman–Crippen LogP) is 2.85. The van der Waals surface area contributed by atoms with Gasteiger partial charge in [0.05, 0.1) is 11.4 Å². The van der Waals surface area contributed by atoms with Crippen molar-refractivity contribution < 1.29 is 0 Å². The maximum atomic E-state index is 4.68. The molecular formula is C16H17N7S. The molecule has 0 aliphatic rings. The van der Waals surface area contributed by atoms with Gasteiger partial charge < -0.3 is 0 Å². The van der Waals surface area contributed by atoms with Crippen molar-refractivity contribution in [2.75, 3.05) is 0 Å². The molecular weight excluding hydrogens is 322 g/mol. The summed E-state index contributed by atoms with van der Waals surface area (Å²) in [5.74, 6) is 1.22. The lowest BCUT2D eigenvalue weighted by Gasteiger charge is -1.98. The number of nitrogens with zero attached hydrogens (tertiary/aromatic N) is 7. The van der Waals surface area contributed by atoms with Gasteiger partial charge in [0.2, 0.25) is 10.8 Å². The second-order valence-corrected chi connectivity index (χ2v) is 7.04. The van der Waals surface area contributed by atoms with Gasteiger partial charge in [-0.05, 0) is 30.5 Å². The number of rotatable bonds is 4. The summed E-state index contributed by atoms with van der Waals surface area (Å²) in [7, 11) is 1.95. The maximum Gasteiger partial charge on any atom is 0.235 e. The Balaban J connectivity index is 1.77. The summed E-state index contributed by atoms with van der Waals surface area (Å²) < 4.78 is 3.63. The van der Waals surface area contributed by atoms with Crippen LogP contribution in [0.1, 0.15) is 19.5 Å². The summed E-state index contributed by atoms with van der Waals surface area (Å²) >= 11 is 1.50. The first-order valence-corrected chi connectivity index (χ1v) is 8.60. The second-order valence-electron chi connectivity index (χ2n) is 6.08. The standard InChI is InChI=1S/C16H17N7S/c1-10(2)8-11-9-13(22(3)20-11)15-21-23-14(18-19-16(23)24-15)12-6-4-5-7-17-12/h4-7,9-10H,8H2,1-3H3. The van der Waals surface area contributed by atoms with Crippen LogP contribution in [0, 0.1) is 5.92 Å². The molecule has 4 rings (SSSR count). The summed E-state index contributed by atoms with van der Waals surface area (Å²) in [6.07, 6.45) is 2.69. The van der Waals surface area contributed by atoms with Gasteiger partial charge in [0.15, 0.2) is 5.01 Å². The Morgan fingerprint density at radius 2 is 2.04 bits per heavy atom. The second kappa shape index (κ2) is 5.79. The SMILES string of the molecule is CC(C)Cc1cc(-c2nn3c(-c4ccccn4)nnc3s2)n(C)n1. The van der Waals surface area contributed by atoms with Crippen LogP contribution in [0.4, 0.5) is 0 Å². The topological polar surface area (TPSA) is 73.8 Å². The fraction of sp³-hybridized carbons (Fsp3) is 0.312. The van der Waals surface area contributed by atoms with Crippen molar-refractivity contribution in [1.82, 2.24) is 34.6 Å². The Morgan fingerprint density at radius 1 is 1.17 bits per heavy atom. The molecule has 0 saturated heterocycles. The Kier molecular flexibility index (Phi) is 3.61. The summed E-state index contributed by atoms with van der Waals surface area (Å²) in [5.41, 5.74) is 2.83. The van der Waals surface area contributed by atoms with Crippen molar-refractivity contribution in [3.63, 3.8) is 0 Å². The number of aromatic nitrogens is 7. The maximum absolute atomic E-state index is 4.68. The lowest BCUT2D eigenvalue weighted by Crippen LogP contribution is -1.98. The van der Waals surface area contributed by atoms with Crippen molar-refractivity contribution >= 4 is 16.3 Å². The van der Waals surface area contributed by atoms with E-state index < -0.39 is 0 Å². The molecule has 4 aromatic rings. The molecule has 0 aliphatic carbocycles. The van der Waals surface area contributed by atoms with Crippen LogP contribution in [0.15, 0.2) is 30.5 Å². The number of hydrogen-bond acceptors (Lipinski definition) is 6. The molecule has 4 heterocycles. The van der Waals surface area contributed by atoms with Crippen molar-refractivity contribution in [3.05, 3.63) is 36.2 Å². The zero-order valence-corrected chi connectivity index (χ0v) is 14.5. The van der Waals surface area contributed by atoms with Crippen LogP contribution in [0.25, 0.3) is 27.2 Å². The molecule has 0 aromatic carbocycles. The minimum Gasteiger partial charge on any atom is -0.265 e. The van der Waals surface area contributed by atoms with Gasteiger partial charge in [0, 0.05) is 13.2 Å². The normalized spacial score (nSPS) is 11.7. The lowest BCUT2D eigenvalue weighted by molar-refractivity contribution is 0.621. The van der Waals surface area contributed by atoms with Gasteiger partial charge in [0.25, 0.3) is 0 Å². The fourth-order valence-electron chi connectivity index (χ4n) is 2.62. The van der Waals surface area contributed by atoms with Crippen molar-refractivity contribution in [1.29, 1.82) is 0 Å². The molecule has 0 radical (unpaired) electrons. The molecule has 0 bridgehead atoms. The van der Waals surface area contributed by atoms with Crippen LogP contribution >= 0.6 is 11.3 Å². The first-order chi connectivity index (χ1) is 11.6. The van der Waals surface area contributed by atoms with E-state index >= 15 is 0 Å². The molecule has 24 heavy (non-hydrogen) atoms. The van der Waals surface area contributed by atoms with E-state index in [0.29, 0.717) is 11.7 Å². The zero-order chi connectivity index (χ0) is 16.7. The Labute approximate surface area is 143 Å². The van der Waals surface area contributed by atoms with Crippen LogP contribution in [0.3, 0.4) is 0 Å². The van der Waals surface area contributed by atoms with E-state index in [2.05, 4.69) is 45.3 Å². The smallest absolute Gasteiger partial charge is 0.235 e. The molecule has 0 saturated carbocycles. The summed E-state index contributed by atoms with van der Waals surface area (Å²) in [5, 5.41) is 18.6. The van der Waals surface area contributed by atoms with Gasteiger partial charge in [-0.1, -0.05) is 31.3 Å². The largest absolute Gasteiger partial charge is 0.265 e. The van der Waals surface area contributed by atoms with Crippen LogP contribution in [0.5, 0.6) is 0 Å². The fourth-order valence-corrected chi connectivity index (χ4v) is 3.51. The molecule has 4 aromatic heterocycles. The zero-order valence-electron chi connectivity index (χ0n) is 13.7. The van der Waals surface area contributed by atoms with Crippen LogP contribution in [-0.2, 0) is 13.5 Å². The Hall–Kier alpha value is -2.61. The minimum atomic E-state index is 0.571. The predicted molar refractivity (Wildman–Crippen MR) is 92.6 cm³/mol. The first-order valence-electron chi connectivity index (χ1n) is 7.79. The number of hydrogen-bond donors (Lipinski definition) is 0. The van der Waals surface area contributed by atoms with Gasteiger partial charge in [0.1, 0.15) is 5.69 Å². The molecule has 0 amide bonds. The van der Waals surface area contributed by atoms with E-state index in [-0.39, 0.29) is 0 Å². The van der Waals surface area contributed by atoms with E-state index in [1.807, 2.05) is 29.9 Å². The number of fused-ring (bicyclic) bond motifs is 1. The number of aryl methyl sites for hydroxylation is 1. The molecule has 0 spiro atoms. The third-order valence-electron chi connectivity index (χ3n) is 3.65. The molecule has 7 nitrogen and oxygen atoms in total. The van der Waals surface area contributed by atoms with E-state index in [1.165, 1.54) is 11.3 Å². The highest BCUT2D eigenvalue weighted by Gasteiger charge is 2.18. The van der Waals surface area contributed by atoms with Gasteiger partial charge in [-0.15, -0.1) is 10.2 Å². The quantitative estimate of drug-likeness (QED) is 0.571. The van der Waals surface area contributed by atoms with E-state index in [0.717, 1.165) is 33.5 Å². The average Bonchev–Trinajstić information content (AvgIpc) is 3.21. The van der Waals surface area contributed by atoms with Crippen LogP contribution < -0.4 is 0 Å². The third kappa shape index (κ3) is 2.58. The van der Waals surface area contributed by atoms with Crippen LogP contribution in [-0.4, -0.2) is 34.6 Å². The molecule has 0 aliphatic heterocycles. The van der Waals surface area contributed by atoms with Gasteiger partial charge in [-0.25, -0.2) is 0 Å². The molecule has 122 valence electrons. The Morgan fingerprint density at radius 3 is 2.79 bits per heavy atom. The molecule has 0 unspecified atom stereocenters. The van der Waals surface area contributed by atoms with E-state index in [9.17, 15) is 0 Å². The number of pyridine rings is 1. The van der Waals surface area contributed by atoms with Gasteiger partial charge in [-0.2, -0.15) is 14.7 Å². The van der Waals surface area contributed by atoms with Gasteiger partial charge in [-0.3, -0.25) is 9.67 Å². The monoisotopic (exact) mass is 339 g/mol. The Bertz CT molecular complexity index is 981. The highest BCUT2D eigenvalue weighted by molar-refractivity contribution is 7.19. The molecule has 0 N–H and O–H groups in total. The highest BCUT2D eigenvalue weighted by Crippen LogP contribution is 2.28. The van der Waals surface area contributed by atoms with Gasteiger partial charge >= 0.3 is 0 Å². The van der Waals surface area contributed by atoms with Crippen molar-refractivity contribution in [2.45, 2.75) is 20.3 Å². The van der Waals surface area contributed by atoms with E-state index in [4.69, 9.17) is 0 Å². The minimum absolute atomic E-state index is 0.571.